The summed E-state index contributed by atoms with van der Waals surface area (Å²) in [5.74, 6) is 0.0752. The maximum atomic E-state index is 12.6. The number of carbonyl (C=O) groups is 2. The monoisotopic (exact) mass is 360 g/mol. The van der Waals surface area contributed by atoms with E-state index in [-0.39, 0.29) is 11.8 Å². The number of benzene rings is 3. The predicted octanol–water partition coefficient (Wildman–Crippen LogP) is 4.51. The number of amides is 2. The summed E-state index contributed by atoms with van der Waals surface area (Å²) < 4.78 is 5.25. The number of hydrogen-bond acceptors (Lipinski definition) is 3. The Bertz CT molecular complexity index is 968. The molecular formula is C22H20N2O3. The summed E-state index contributed by atoms with van der Waals surface area (Å²) in [7, 11) is 1.55. The molecule has 0 saturated carbocycles. The van der Waals surface area contributed by atoms with Crippen LogP contribution < -0.4 is 15.4 Å². The van der Waals surface area contributed by atoms with E-state index in [1.54, 1.807) is 61.7 Å². The topological polar surface area (TPSA) is 67.4 Å². The summed E-state index contributed by atoms with van der Waals surface area (Å²) >= 11 is 0. The Kier molecular flexibility index (Phi) is 5.52. The Hall–Kier alpha value is -3.60. The summed E-state index contributed by atoms with van der Waals surface area (Å²) in [6, 6.07) is 21.3. The van der Waals surface area contributed by atoms with Crippen molar-refractivity contribution in [3.63, 3.8) is 0 Å². The summed E-state index contributed by atoms with van der Waals surface area (Å²) in [6.07, 6.45) is 0. The molecule has 27 heavy (non-hydrogen) atoms. The van der Waals surface area contributed by atoms with Crippen LogP contribution in [-0.2, 0) is 0 Å². The van der Waals surface area contributed by atoms with Gasteiger partial charge in [0.15, 0.2) is 0 Å². The lowest BCUT2D eigenvalue weighted by molar-refractivity contribution is 0.101. The van der Waals surface area contributed by atoms with Gasteiger partial charge in [-0.3, -0.25) is 9.59 Å². The minimum atomic E-state index is -0.283. The van der Waals surface area contributed by atoms with Crippen molar-refractivity contribution in [2.24, 2.45) is 0 Å². The van der Waals surface area contributed by atoms with Gasteiger partial charge in [0.05, 0.1) is 12.8 Å². The maximum Gasteiger partial charge on any atom is 0.255 e. The highest BCUT2D eigenvalue weighted by atomic mass is 16.5. The fourth-order valence-corrected chi connectivity index (χ4v) is 2.62. The third kappa shape index (κ3) is 4.33. The molecule has 3 rings (SSSR count). The Labute approximate surface area is 158 Å². The minimum Gasteiger partial charge on any atom is -0.495 e. The lowest BCUT2D eigenvalue weighted by atomic mass is 10.1. The number of aryl methyl sites for hydroxylation is 1. The molecule has 0 fully saturated rings. The first-order valence-electron chi connectivity index (χ1n) is 8.50. The van der Waals surface area contributed by atoms with Crippen LogP contribution in [0.1, 0.15) is 26.3 Å². The molecule has 0 radical (unpaired) electrons. The third-order valence-corrected chi connectivity index (χ3v) is 4.14. The Morgan fingerprint density at radius 3 is 2.11 bits per heavy atom. The first-order valence-corrected chi connectivity index (χ1v) is 8.50. The number of hydrogen-bond donors (Lipinski definition) is 2. The van der Waals surface area contributed by atoms with Gasteiger partial charge in [0.1, 0.15) is 5.75 Å². The van der Waals surface area contributed by atoms with Crippen LogP contribution in [-0.4, -0.2) is 18.9 Å². The number of anilines is 2. The van der Waals surface area contributed by atoms with Gasteiger partial charge in [0.2, 0.25) is 0 Å². The van der Waals surface area contributed by atoms with Crippen LogP contribution in [0.2, 0.25) is 0 Å². The molecule has 5 nitrogen and oxygen atoms in total. The fraction of sp³-hybridized carbons (Fsp3) is 0.0909. The van der Waals surface area contributed by atoms with Crippen molar-refractivity contribution in [3.05, 3.63) is 89.5 Å². The molecular weight excluding hydrogens is 340 g/mol. The van der Waals surface area contributed by atoms with Crippen LogP contribution in [0, 0.1) is 6.92 Å². The van der Waals surface area contributed by atoms with Gasteiger partial charge in [-0.1, -0.05) is 36.4 Å². The quantitative estimate of drug-likeness (QED) is 0.703. The van der Waals surface area contributed by atoms with Crippen molar-refractivity contribution in [3.8, 4) is 5.75 Å². The van der Waals surface area contributed by atoms with Crippen LogP contribution in [0.15, 0.2) is 72.8 Å². The Morgan fingerprint density at radius 1 is 0.741 bits per heavy atom. The number of rotatable bonds is 5. The molecule has 0 aliphatic rings. The number of carbonyl (C=O) groups excluding carboxylic acids is 2. The van der Waals surface area contributed by atoms with E-state index < -0.39 is 0 Å². The van der Waals surface area contributed by atoms with Crippen LogP contribution in [0.25, 0.3) is 0 Å². The molecule has 2 amide bonds. The number of methoxy groups -OCH3 is 1. The molecule has 0 bridgehead atoms. The van der Waals surface area contributed by atoms with E-state index in [0.717, 1.165) is 5.56 Å². The molecule has 0 spiro atoms. The van der Waals surface area contributed by atoms with Crippen molar-refractivity contribution in [2.75, 3.05) is 17.7 Å². The van der Waals surface area contributed by atoms with E-state index in [0.29, 0.717) is 28.3 Å². The molecule has 5 heteroatoms. The van der Waals surface area contributed by atoms with E-state index >= 15 is 0 Å². The third-order valence-electron chi connectivity index (χ3n) is 4.14. The van der Waals surface area contributed by atoms with Gasteiger partial charge >= 0.3 is 0 Å². The zero-order valence-electron chi connectivity index (χ0n) is 15.2. The number of para-hydroxylation sites is 2. The van der Waals surface area contributed by atoms with Crippen LogP contribution in [0.4, 0.5) is 11.4 Å². The Balaban J connectivity index is 1.80. The smallest absolute Gasteiger partial charge is 0.255 e. The summed E-state index contributed by atoms with van der Waals surface area (Å²) in [6.45, 7) is 1.88. The fourth-order valence-electron chi connectivity index (χ4n) is 2.62. The maximum absolute atomic E-state index is 12.6. The Morgan fingerprint density at radius 2 is 1.37 bits per heavy atom. The molecule has 0 saturated heterocycles. The number of ether oxygens (including phenoxy) is 1. The zero-order valence-corrected chi connectivity index (χ0v) is 15.2. The van der Waals surface area contributed by atoms with Gasteiger partial charge < -0.3 is 15.4 Å². The molecule has 2 N–H and O–H groups in total. The largest absolute Gasteiger partial charge is 0.495 e. The van der Waals surface area contributed by atoms with Gasteiger partial charge in [-0.05, 0) is 48.9 Å². The molecule has 0 aliphatic carbocycles. The van der Waals surface area contributed by atoms with Crippen molar-refractivity contribution < 1.29 is 14.3 Å². The zero-order chi connectivity index (χ0) is 19.2. The highest BCUT2D eigenvalue weighted by Crippen LogP contribution is 2.25. The van der Waals surface area contributed by atoms with Gasteiger partial charge in [0.25, 0.3) is 11.8 Å². The lowest BCUT2D eigenvalue weighted by Crippen LogP contribution is -2.15. The molecule has 0 aliphatic heterocycles. The number of nitrogens with one attached hydrogen (secondary N) is 2. The van der Waals surface area contributed by atoms with Crippen LogP contribution in [0.5, 0.6) is 5.75 Å². The van der Waals surface area contributed by atoms with Crippen molar-refractivity contribution in [1.82, 2.24) is 0 Å². The first kappa shape index (κ1) is 18.2. The normalized spacial score (nSPS) is 10.1. The SMILES string of the molecule is COc1ccccc1NC(=O)c1ccc(C)c(NC(=O)c2ccccc2)c1. The first-order chi connectivity index (χ1) is 13.1. The van der Waals surface area contributed by atoms with Crippen molar-refractivity contribution >= 4 is 23.2 Å². The molecule has 0 aromatic heterocycles. The minimum absolute atomic E-state index is 0.221. The predicted molar refractivity (Wildman–Crippen MR) is 107 cm³/mol. The molecule has 0 unspecified atom stereocenters. The standard InChI is InChI=1S/C22H20N2O3/c1-15-12-13-17(22(26)23-18-10-6-7-11-20(18)27-2)14-19(15)24-21(25)16-8-4-3-5-9-16/h3-14H,1-2H3,(H,23,26)(H,24,25). The second kappa shape index (κ2) is 8.19. The van der Waals surface area contributed by atoms with E-state index in [4.69, 9.17) is 4.74 Å². The second-order valence-corrected chi connectivity index (χ2v) is 6.00. The summed E-state index contributed by atoms with van der Waals surface area (Å²) in [4.78, 5) is 25.0. The molecule has 3 aromatic rings. The average molecular weight is 360 g/mol. The summed E-state index contributed by atoms with van der Waals surface area (Å²) in [5.41, 5.74) is 3.04. The van der Waals surface area contributed by atoms with E-state index in [2.05, 4.69) is 10.6 Å². The van der Waals surface area contributed by atoms with Crippen LogP contribution in [0.3, 0.4) is 0 Å². The van der Waals surface area contributed by atoms with Gasteiger partial charge in [0, 0.05) is 16.8 Å². The second-order valence-electron chi connectivity index (χ2n) is 6.00. The highest BCUT2D eigenvalue weighted by molar-refractivity contribution is 6.08. The van der Waals surface area contributed by atoms with E-state index in [1.807, 2.05) is 25.1 Å². The molecule has 136 valence electrons. The van der Waals surface area contributed by atoms with Gasteiger partial charge in [-0.15, -0.1) is 0 Å². The molecule has 3 aromatic carbocycles. The van der Waals surface area contributed by atoms with Crippen molar-refractivity contribution in [2.45, 2.75) is 6.92 Å². The molecule has 0 heterocycles. The average Bonchev–Trinajstić information content (AvgIpc) is 2.70. The van der Waals surface area contributed by atoms with Gasteiger partial charge in [-0.25, -0.2) is 0 Å². The highest BCUT2D eigenvalue weighted by Gasteiger charge is 2.13. The van der Waals surface area contributed by atoms with E-state index in [9.17, 15) is 9.59 Å². The summed E-state index contributed by atoms with van der Waals surface area (Å²) in [5, 5.41) is 5.70. The van der Waals surface area contributed by atoms with Crippen molar-refractivity contribution in [1.29, 1.82) is 0 Å². The van der Waals surface area contributed by atoms with Gasteiger partial charge in [-0.2, -0.15) is 0 Å². The van der Waals surface area contributed by atoms with E-state index in [1.165, 1.54) is 0 Å². The molecule has 0 atom stereocenters. The van der Waals surface area contributed by atoms with Crippen LogP contribution >= 0.6 is 0 Å². The lowest BCUT2D eigenvalue weighted by Gasteiger charge is -2.12.